The molecule has 0 fully saturated rings. The van der Waals surface area contributed by atoms with Gasteiger partial charge in [-0.25, -0.2) is 4.39 Å². The van der Waals surface area contributed by atoms with Crippen molar-refractivity contribution in [1.82, 2.24) is 0 Å². The van der Waals surface area contributed by atoms with Crippen LogP contribution in [0, 0.1) is 24.1 Å². The van der Waals surface area contributed by atoms with Crippen LogP contribution in [0.15, 0.2) is 77.3 Å². The highest BCUT2D eigenvalue weighted by atomic mass is 79.9. The molecule has 0 aliphatic carbocycles. The number of nitrogens with zero attached hydrogens (tertiary/aromatic N) is 1. The highest BCUT2D eigenvalue weighted by Crippen LogP contribution is 2.33. The normalized spacial score (nSPS) is 11.0. The first-order valence-corrected chi connectivity index (χ1v) is 11.5. The Morgan fingerprint density at radius 1 is 1.24 bits per heavy atom. The molecule has 3 aromatic carbocycles. The van der Waals surface area contributed by atoms with Crippen molar-refractivity contribution in [1.29, 1.82) is 5.26 Å². The van der Waals surface area contributed by atoms with E-state index in [1.807, 2.05) is 19.1 Å². The summed E-state index contributed by atoms with van der Waals surface area (Å²) in [4.78, 5) is 12.7. The largest absolute Gasteiger partial charge is 0.487 e. The number of carbonyl (C=O) groups excluding carboxylic acids is 1. The fraction of sp³-hybridized carbons (Fsp3) is 0.111. The third kappa shape index (κ3) is 6.57. The van der Waals surface area contributed by atoms with Crippen LogP contribution in [0.1, 0.15) is 22.3 Å². The van der Waals surface area contributed by atoms with Crippen LogP contribution in [0.25, 0.3) is 6.08 Å². The van der Waals surface area contributed by atoms with Gasteiger partial charge in [-0.2, -0.15) is 5.26 Å². The fourth-order valence-electron chi connectivity index (χ4n) is 3.15. The molecule has 0 unspecified atom stereocenters. The highest BCUT2D eigenvalue weighted by Gasteiger charge is 2.14. The van der Waals surface area contributed by atoms with Gasteiger partial charge in [0.1, 0.15) is 29.8 Å². The number of hydrogen-bond acceptors (Lipinski definition) is 3. The van der Waals surface area contributed by atoms with Crippen LogP contribution >= 0.6 is 27.5 Å². The number of halogens is 3. The summed E-state index contributed by atoms with van der Waals surface area (Å²) in [6.07, 6.45) is 3.75. The van der Waals surface area contributed by atoms with E-state index in [9.17, 15) is 14.4 Å². The third-order valence-electron chi connectivity index (χ3n) is 4.91. The Hall–Kier alpha value is -3.40. The molecule has 3 rings (SSSR count). The Labute approximate surface area is 211 Å². The first-order valence-electron chi connectivity index (χ1n) is 10.3. The van der Waals surface area contributed by atoms with Crippen LogP contribution in [0.2, 0.25) is 5.02 Å². The molecule has 0 aliphatic heterocycles. The zero-order valence-electron chi connectivity index (χ0n) is 18.4. The van der Waals surface area contributed by atoms with Gasteiger partial charge in [-0.05, 0) is 94.0 Å². The van der Waals surface area contributed by atoms with Gasteiger partial charge in [0.25, 0.3) is 5.91 Å². The van der Waals surface area contributed by atoms with E-state index in [4.69, 9.17) is 16.3 Å². The summed E-state index contributed by atoms with van der Waals surface area (Å²) in [5.41, 5.74) is 3.61. The maximum atomic E-state index is 13.1. The molecule has 0 spiro atoms. The summed E-state index contributed by atoms with van der Waals surface area (Å²) in [6.45, 7) is 5.91. The summed E-state index contributed by atoms with van der Waals surface area (Å²) < 4.78 is 19.8. The predicted octanol–water partition coefficient (Wildman–Crippen LogP) is 7.40. The number of nitrogens with one attached hydrogen (secondary N) is 1. The summed E-state index contributed by atoms with van der Waals surface area (Å²) in [5, 5.41) is 12.8. The summed E-state index contributed by atoms with van der Waals surface area (Å²) in [5.74, 6) is -0.240. The Kier molecular flexibility index (Phi) is 8.64. The second-order valence-corrected chi connectivity index (χ2v) is 8.75. The topological polar surface area (TPSA) is 62.1 Å². The maximum absolute atomic E-state index is 13.1. The Balaban J connectivity index is 1.84. The molecule has 1 amide bonds. The Bertz CT molecular complexity index is 1300. The number of anilines is 1. The van der Waals surface area contributed by atoms with Crippen molar-refractivity contribution < 1.29 is 13.9 Å². The number of allylic oxidation sites excluding steroid dienone is 1. The van der Waals surface area contributed by atoms with Gasteiger partial charge in [-0.15, -0.1) is 6.58 Å². The van der Waals surface area contributed by atoms with E-state index in [2.05, 4.69) is 27.8 Å². The van der Waals surface area contributed by atoms with Gasteiger partial charge in [0.2, 0.25) is 0 Å². The van der Waals surface area contributed by atoms with Crippen molar-refractivity contribution >= 4 is 45.2 Å². The standard InChI is InChI=1S/C27H21BrClFN2O2/c1-3-4-20-11-19(13-24(28)26(20)34-16-18-6-8-22(30)9-7-18)12-21(15-31)27(33)32-23-10-5-17(2)25(29)14-23/h3,5-14H,1,4,16H2,2H3,(H,32,33)/b21-12-. The molecule has 0 atom stereocenters. The van der Waals surface area contributed by atoms with Crippen LogP contribution in [0.4, 0.5) is 10.1 Å². The van der Waals surface area contributed by atoms with Gasteiger partial charge in [0.05, 0.1) is 4.47 Å². The Morgan fingerprint density at radius 3 is 2.62 bits per heavy atom. The van der Waals surface area contributed by atoms with E-state index in [0.717, 1.165) is 16.7 Å². The first kappa shape index (κ1) is 25.2. The fourth-order valence-corrected chi connectivity index (χ4v) is 3.96. The number of hydrogen-bond donors (Lipinski definition) is 1. The summed E-state index contributed by atoms with van der Waals surface area (Å²) in [6, 6.07) is 16.8. The molecule has 0 aliphatic rings. The first-order chi connectivity index (χ1) is 16.3. The molecule has 0 radical (unpaired) electrons. The highest BCUT2D eigenvalue weighted by molar-refractivity contribution is 9.10. The molecule has 1 N–H and O–H groups in total. The molecule has 0 saturated carbocycles. The average molecular weight is 540 g/mol. The molecule has 172 valence electrons. The summed E-state index contributed by atoms with van der Waals surface area (Å²) in [7, 11) is 0. The van der Waals surface area contributed by atoms with Crippen LogP contribution in [0.3, 0.4) is 0 Å². The lowest BCUT2D eigenvalue weighted by atomic mass is 10.0. The number of aryl methyl sites for hydroxylation is 1. The van der Waals surface area contributed by atoms with Crippen LogP contribution in [0.5, 0.6) is 5.75 Å². The van der Waals surface area contributed by atoms with Crippen molar-refractivity contribution in [2.75, 3.05) is 5.32 Å². The molecular weight excluding hydrogens is 519 g/mol. The molecule has 3 aromatic rings. The second-order valence-electron chi connectivity index (χ2n) is 7.49. The van der Waals surface area contributed by atoms with Crippen LogP contribution < -0.4 is 10.1 Å². The summed E-state index contributed by atoms with van der Waals surface area (Å²) >= 11 is 9.64. The lowest BCUT2D eigenvalue weighted by Crippen LogP contribution is -2.13. The molecule has 0 heterocycles. The molecule has 34 heavy (non-hydrogen) atoms. The van der Waals surface area contributed by atoms with Gasteiger partial charge in [0, 0.05) is 10.7 Å². The van der Waals surface area contributed by atoms with E-state index in [1.165, 1.54) is 18.2 Å². The predicted molar refractivity (Wildman–Crippen MR) is 137 cm³/mol. The zero-order valence-corrected chi connectivity index (χ0v) is 20.7. The minimum Gasteiger partial charge on any atom is -0.487 e. The minimum atomic E-state index is -0.541. The monoisotopic (exact) mass is 538 g/mol. The Morgan fingerprint density at radius 2 is 1.97 bits per heavy atom. The van der Waals surface area contributed by atoms with Crippen molar-refractivity contribution in [2.24, 2.45) is 0 Å². The molecule has 0 saturated heterocycles. The van der Waals surface area contributed by atoms with Gasteiger partial charge >= 0.3 is 0 Å². The zero-order chi connectivity index (χ0) is 24.7. The molecule has 4 nitrogen and oxygen atoms in total. The quantitative estimate of drug-likeness (QED) is 0.184. The van der Waals surface area contributed by atoms with E-state index < -0.39 is 5.91 Å². The molecule has 0 aromatic heterocycles. The SMILES string of the molecule is C=CCc1cc(/C=C(/C#N)C(=O)Nc2ccc(C)c(Cl)c2)cc(Br)c1OCc1ccc(F)cc1. The smallest absolute Gasteiger partial charge is 0.266 e. The van der Waals surface area contributed by atoms with Crippen molar-refractivity contribution in [2.45, 2.75) is 20.0 Å². The lowest BCUT2D eigenvalue weighted by molar-refractivity contribution is -0.112. The minimum absolute atomic E-state index is 0.0619. The number of ether oxygens (including phenoxy) is 1. The van der Waals surface area contributed by atoms with E-state index in [-0.39, 0.29) is 18.0 Å². The molecule has 0 bridgehead atoms. The maximum Gasteiger partial charge on any atom is 0.266 e. The van der Waals surface area contributed by atoms with Crippen LogP contribution in [-0.2, 0) is 17.8 Å². The van der Waals surface area contributed by atoms with Gasteiger partial charge in [-0.1, -0.05) is 35.9 Å². The molecule has 7 heteroatoms. The second kappa shape index (κ2) is 11.6. The molecular formula is C27H21BrClFN2O2. The van der Waals surface area contributed by atoms with E-state index >= 15 is 0 Å². The van der Waals surface area contributed by atoms with Crippen molar-refractivity contribution in [3.63, 3.8) is 0 Å². The lowest BCUT2D eigenvalue weighted by Gasteiger charge is -2.14. The number of nitriles is 1. The van der Waals surface area contributed by atoms with Gasteiger partial charge in [-0.3, -0.25) is 4.79 Å². The van der Waals surface area contributed by atoms with Gasteiger partial charge in [0.15, 0.2) is 0 Å². The van der Waals surface area contributed by atoms with Gasteiger partial charge < -0.3 is 10.1 Å². The van der Waals surface area contributed by atoms with Crippen molar-refractivity contribution in [3.05, 3.63) is 110 Å². The number of benzene rings is 3. The van der Waals surface area contributed by atoms with Crippen LogP contribution in [-0.4, -0.2) is 5.91 Å². The van der Waals surface area contributed by atoms with Crippen molar-refractivity contribution in [3.8, 4) is 11.8 Å². The third-order valence-corrected chi connectivity index (χ3v) is 5.91. The number of carbonyl (C=O) groups is 1. The average Bonchev–Trinajstić information content (AvgIpc) is 2.80. The van der Waals surface area contributed by atoms with E-state index in [1.54, 1.807) is 42.5 Å². The van der Waals surface area contributed by atoms with E-state index in [0.29, 0.717) is 32.9 Å². The number of rotatable bonds is 8. The number of amides is 1.